The highest BCUT2D eigenvalue weighted by Crippen LogP contribution is 2.71. The lowest BCUT2D eigenvalue weighted by molar-refractivity contribution is -0.190. The maximum Gasteiger partial charge on any atom is 0.330 e. The van der Waals surface area contributed by atoms with Crippen LogP contribution in [0, 0.1) is 34.5 Å². The van der Waals surface area contributed by atoms with Gasteiger partial charge in [0.05, 0.1) is 12.0 Å². The molecule has 4 aliphatic rings. The second kappa shape index (κ2) is 23.3. The maximum absolute atomic E-state index is 14.8. The van der Waals surface area contributed by atoms with Gasteiger partial charge in [0.1, 0.15) is 24.4 Å². The summed E-state index contributed by atoms with van der Waals surface area (Å²) < 4.78 is 11.5. The van der Waals surface area contributed by atoms with Crippen LogP contribution in [0.1, 0.15) is 169 Å². The van der Waals surface area contributed by atoms with Crippen molar-refractivity contribution < 1.29 is 39.2 Å². The number of unbranched alkanes of at least 4 members (excludes halogenated alkanes) is 17. The van der Waals surface area contributed by atoms with Gasteiger partial charge in [0.25, 0.3) is 0 Å². The van der Waals surface area contributed by atoms with Crippen LogP contribution in [0.5, 0.6) is 0 Å². The van der Waals surface area contributed by atoms with Gasteiger partial charge in [-0.15, -0.1) is 0 Å². The van der Waals surface area contributed by atoms with Crippen LogP contribution < -0.4 is 0 Å². The van der Waals surface area contributed by atoms with E-state index in [1.807, 2.05) is 26.0 Å². The topological polar surface area (TPSA) is 130 Å². The van der Waals surface area contributed by atoms with Crippen molar-refractivity contribution >= 4 is 17.7 Å². The normalized spacial score (nSPS) is 31.6. The predicted molar refractivity (Wildman–Crippen MR) is 232 cm³/mol. The number of esters is 2. The van der Waals surface area contributed by atoms with Gasteiger partial charge in [-0.3, -0.25) is 9.59 Å². The molecule has 0 aromatic heterocycles. The Bertz CT molecular complexity index is 1490. The summed E-state index contributed by atoms with van der Waals surface area (Å²) in [6, 6.07) is 0. The fourth-order valence-electron chi connectivity index (χ4n) is 10.5. The van der Waals surface area contributed by atoms with Crippen molar-refractivity contribution in [1.29, 1.82) is 0 Å². The van der Waals surface area contributed by atoms with Crippen molar-refractivity contribution in [3.05, 3.63) is 59.8 Å². The number of hydrogen-bond donors (Lipinski definition) is 3. The molecule has 3 N–H and O–H groups in total. The van der Waals surface area contributed by atoms with E-state index in [1.165, 1.54) is 102 Å². The molecule has 4 rings (SSSR count). The van der Waals surface area contributed by atoms with Crippen LogP contribution in [0.3, 0.4) is 0 Å². The molecular formula is C50H78O8. The summed E-state index contributed by atoms with van der Waals surface area (Å²) >= 11 is 0. The first-order valence-electron chi connectivity index (χ1n) is 23.2. The molecule has 0 aliphatic heterocycles. The van der Waals surface area contributed by atoms with Crippen molar-refractivity contribution in [2.24, 2.45) is 34.5 Å². The van der Waals surface area contributed by atoms with Crippen LogP contribution in [0.25, 0.3) is 0 Å². The van der Waals surface area contributed by atoms with E-state index in [-0.39, 0.29) is 48.8 Å². The monoisotopic (exact) mass is 807 g/mol. The summed E-state index contributed by atoms with van der Waals surface area (Å²) in [6.45, 7) is 9.92. The first kappa shape index (κ1) is 47.9. The van der Waals surface area contributed by atoms with Crippen molar-refractivity contribution in [1.82, 2.24) is 0 Å². The molecule has 0 saturated heterocycles. The van der Waals surface area contributed by atoms with Gasteiger partial charge in [-0.25, -0.2) is 4.79 Å². The highest BCUT2D eigenvalue weighted by Gasteiger charge is 2.76. The Morgan fingerprint density at radius 2 is 1.36 bits per heavy atom. The molecule has 0 amide bonds. The lowest BCUT2D eigenvalue weighted by Gasteiger charge is -2.48. The van der Waals surface area contributed by atoms with E-state index in [1.54, 1.807) is 31.2 Å². The quantitative estimate of drug-likeness (QED) is 0.0246. The third-order valence-electron chi connectivity index (χ3n) is 14.1. The van der Waals surface area contributed by atoms with Crippen LogP contribution in [-0.2, 0) is 23.9 Å². The summed E-state index contributed by atoms with van der Waals surface area (Å²) in [7, 11) is 0. The number of carbonyl (C=O) groups excluding carboxylic acids is 3. The Kier molecular flexibility index (Phi) is 19.2. The Labute approximate surface area is 350 Å². The van der Waals surface area contributed by atoms with Crippen molar-refractivity contribution in [2.75, 3.05) is 13.2 Å². The summed E-state index contributed by atoms with van der Waals surface area (Å²) in [5, 5.41) is 35.8. The van der Waals surface area contributed by atoms with Gasteiger partial charge in [0.2, 0.25) is 0 Å². The molecule has 58 heavy (non-hydrogen) atoms. The molecule has 0 aromatic carbocycles. The van der Waals surface area contributed by atoms with Crippen LogP contribution >= 0.6 is 0 Å². The number of aliphatic hydroxyl groups is 3. The van der Waals surface area contributed by atoms with Gasteiger partial charge >= 0.3 is 11.9 Å². The molecule has 0 heterocycles. The zero-order valence-corrected chi connectivity index (χ0v) is 36.7. The van der Waals surface area contributed by atoms with E-state index in [4.69, 9.17) is 9.47 Å². The SMILES string of the molecule is CCCCCCCC=CC=CC=CC(=O)OCC1(C)C2CC(C)C34C=C(C)C(O)C3(O)C(O)C(COC(=O)CCCCCCCCCCCCCCC)=CC(C4=O)C21. The number of allylic oxidation sites excluding steroid dienone is 6. The summed E-state index contributed by atoms with van der Waals surface area (Å²) in [6.07, 6.45) is 35.0. The molecule has 9 atom stereocenters. The van der Waals surface area contributed by atoms with E-state index >= 15 is 0 Å². The second-order valence-electron chi connectivity index (χ2n) is 18.4. The Balaban J connectivity index is 1.32. The van der Waals surface area contributed by atoms with Crippen LogP contribution in [-0.4, -0.2) is 64.1 Å². The molecule has 2 fully saturated rings. The third kappa shape index (κ3) is 11.5. The number of hydrogen-bond acceptors (Lipinski definition) is 8. The Morgan fingerprint density at radius 3 is 1.98 bits per heavy atom. The highest BCUT2D eigenvalue weighted by atomic mass is 16.5. The van der Waals surface area contributed by atoms with E-state index in [0.717, 1.165) is 19.3 Å². The molecule has 0 aromatic rings. The molecule has 2 bridgehead atoms. The largest absolute Gasteiger partial charge is 0.462 e. The van der Waals surface area contributed by atoms with Gasteiger partial charge in [-0.05, 0) is 61.5 Å². The second-order valence-corrected chi connectivity index (χ2v) is 18.4. The minimum atomic E-state index is -2.21. The molecule has 9 unspecified atom stereocenters. The zero-order valence-electron chi connectivity index (χ0n) is 36.7. The Hall–Kier alpha value is -2.81. The van der Waals surface area contributed by atoms with E-state index < -0.39 is 46.4 Å². The number of fused-ring (bicyclic) bond motifs is 3. The zero-order chi connectivity index (χ0) is 42.2. The van der Waals surface area contributed by atoms with Crippen molar-refractivity contribution in [3.8, 4) is 0 Å². The number of carbonyl (C=O) groups is 3. The number of aliphatic hydroxyl groups excluding tert-OH is 2. The molecular weight excluding hydrogens is 729 g/mol. The Morgan fingerprint density at radius 1 is 0.793 bits per heavy atom. The lowest BCUT2D eigenvalue weighted by atomic mass is 9.59. The summed E-state index contributed by atoms with van der Waals surface area (Å²) in [5.41, 5.74) is -3.58. The van der Waals surface area contributed by atoms with E-state index in [0.29, 0.717) is 18.4 Å². The fraction of sp³-hybridized carbons (Fsp3) is 0.740. The van der Waals surface area contributed by atoms with Crippen LogP contribution in [0.4, 0.5) is 0 Å². The number of rotatable bonds is 27. The van der Waals surface area contributed by atoms with Crippen LogP contribution in [0.15, 0.2) is 59.8 Å². The predicted octanol–water partition coefficient (Wildman–Crippen LogP) is 10.4. The van der Waals surface area contributed by atoms with Gasteiger partial charge < -0.3 is 24.8 Å². The number of Topliss-reactive ketones (excluding diaryl/α,β-unsaturated/α-hetero) is 1. The summed E-state index contributed by atoms with van der Waals surface area (Å²) in [4.78, 5) is 40.5. The van der Waals surface area contributed by atoms with Crippen molar-refractivity contribution in [2.45, 2.75) is 187 Å². The molecule has 4 aliphatic carbocycles. The number of ether oxygens (including phenoxy) is 2. The first-order chi connectivity index (χ1) is 27.9. The minimum absolute atomic E-state index is 0.00107. The molecule has 8 heteroatoms. The highest BCUT2D eigenvalue weighted by molar-refractivity contribution is 5.95. The molecule has 1 spiro atoms. The van der Waals surface area contributed by atoms with Gasteiger partial charge in [-0.1, -0.05) is 173 Å². The number of ketones is 1. The molecule has 8 nitrogen and oxygen atoms in total. The van der Waals surface area contributed by atoms with Gasteiger partial charge in [-0.2, -0.15) is 0 Å². The standard InChI is InChI=1S/C50H78O8/c1-6-8-10-12-14-16-18-19-21-23-24-26-28-30-42(51)57-35-39-33-40-44-41(32-38(4)49(47(40)55)34-37(3)45(53)50(49,56)46(39)54)48(44,5)36-58-43(52)31-29-27-25-22-20-17-15-13-11-9-7-2/h20,22,25,27,29,31,33-34,38,40-41,44-46,53-54,56H,6-19,21,23-24,26,28,30,32,35-36H2,1-5H3. The molecule has 326 valence electrons. The molecule has 0 radical (unpaired) electrons. The maximum atomic E-state index is 14.8. The fourth-order valence-corrected chi connectivity index (χ4v) is 10.5. The average molecular weight is 807 g/mol. The van der Waals surface area contributed by atoms with Crippen LogP contribution in [0.2, 0.25) is 0 Å². The minimum Gasteiger partial charge on any atom is -0.462 e. The smallest absolute Gasteiger partial charge is 0.330 e. The first-order valence-corrected chi connectivity index (χ1v) is 23.2. The lowest BCUT2D eigenvalue weighted by Crippen LogP contribution is -2.65. The third-order valence-corrected chi connectivity index (χ3v) is 14.1. The summed E-state index contributed by atoms with van der Waals surface area (Å²) in [5.74, 6) is -2.49. The van der Waals surface area contributed by atoms with Gasteiger partial charge in [0.15, 0.2) is 5.78 Å². The average Bonchev–Trinajstić information content (AvgIpc) is 3.75. The van der Waals surface area contributed by atoms with E-state index in [2.05, 4.69) is 19.9 Å². The molecule has 2 saturated carbocycles. The van der Waals surface area contributed by atoms with Crippen molar-refractivity contribution in [3.63, 3.8) is 0 Å². The van der Waals surface area contributed by atoms with E-state index in [9.17, 15) is 29.7 Å². The van der Waals surface area contributed by atoms with Gasteiger partial charge in [0, 0.05) is 23.8 Å².